The molecule has 2 heterocycles. The molecule has 156 valence electrons. The van der Waals surface area contributed by atoms with Gasteiger partial charge < -0.3 is 24.8 Å². The Balaban J connectivity index is 0.00000364. The summed E-state index contributed by atoms with van der Waals surface area (Å²) in [5, 5.41) is 15.0. The van der Waals surface area contributed by atoms with Gasteiger partial charge in [0, 0.05) is 27.2 Å². The second kappa shape index (κ2) is 13.3. The number of aliphatic imine (C=N–C) groups is 1. The predicted molar refractivity (Wildman–Crippen MR) is 120 cm³/mol. The normalized spacial score (nSPS) is 16.2. The van der Waals surface area contributed by atoms with Gasteiger partial charge >= 0.3 is 0 Å². The van der Waals surface area contributed by atoms with E-state index in [4.69, 9.17) is 4.74 Å². The molecule has 1 saturated heterocycles. The van der Waals surface area contributed by atoms with Gasteiger partial charge in [0.1, 0.15) is 12.4 Å². The molecule has 1 aromatic heterocycles. The molecule has 1 aromatic rings. The fourth-order valence-corrected chi connectivity index (χ4v) is 2.98. The Morgan fingerprint density at radius 3 is 2.56 bits per heavy atom. The highest BCUT2D eigenvalue weighted by Crippen LogP contribution is 2.15. The van der Waals surface area contributed by atoms with Gasteiger partial charge in [-0.3, -0.25) is 0 Å². The van der Waals surface area contributed by atoms with Crippen LogP contribution in [0.3, 0.4) is 0 Å². The van der Waals surface area contributed by atoms with Crippen LogP contribution in [0.25, 0.3) is 0 Å². The average Bonchev–Trinajstić information content (AvgIpc) is 2.96. The summed E-state index contributed by atoms with van der Waals surface area (Å²) >= 11 is 0. The molecule has 1 fully saturated rings. The number of guanidine groups is 1. The van der Waals surface area contributed by atoms with Gasteiger partial charge in [-0.15, -0.1) is 34.2 Å². The third-order valence-electron chi connectivity index (χ3n) is 4.98. The van der Waals surface area contributed by atoms with Crippen molar-refractivity contribution < 1.29 is 4.74 Å². The van der Waals surface area contributed by atoms with E-state index in [9.17, 15) is 0 Å². The summed E-state index contributed by atoms with van der Waals surface area (Å²) in [5.74, 6) is 3.44. The van der Waals surface area contributed by atoms with Gasteiger partial charge in [-0.25, -0.2) is 4.99 Å². The van der Waals surface area contributed by atoms with Gasteiger partial charge in [0.15, 0.2) is 11.8 Å². The first-order chi connectivity index (χ1) is 12.6. The Bertz CT molecular complexity index is 556. The lowest BCUT2D eigenvalue weighted by molar-refractivity contribution is 0.191. The summed E-state index contributed by atoms with van der Waals surface area (Å²) in [5.41, 5.74) is 0. The molecule has 0 aliphatic carbocycles. The average molecular weight is 493 g/mol. The molecule has 1 aliphatic heterocycles. The fourth-order valence-electron chi connectivity index (χ4n) is 2.98. The van der Waals surface area contributed by atoms with Crippen molar-refractivity contribution in [1.29, 1.82) is 0 Å². The van der Waals surface area contributed by atoms with Crippen molar-refractivity contribution >= 4 is 29.9 Å². The van der Waals surface area contributed by atoms with Crippen molar-refractivity contribution in [3.63, 3.8) is 0 Å². The lowest BCUT2D eigenvalue weighted by atomic mass is 9.99. The molecule has 0 radical (unpaired) electrons. The van der Waals surface area contributed by atoms with Crippen LogP contribution >= 0.6 is 24.0 Å². The molecule has 0 saturated carbocycles. The number of methoxy groups -OCH3 is 1. The van der Waals surface area contributed by atoms with E-state index in [0.717, 1.165) is 49.6 Å². The van der Waals surface area contributed by atoms with Gasteiger partial charge in [0.25, 0.3) is 0 Å². The maximum Gasteiger partial charge on any atom is 0.191 e. The third kappa shape index (κ3) is 8.73. The molecule has 0 unspecified atom stereocenters. The van der Waals surface area contributed by atoms with E-state index in [1.165, 1.54) is 25.9 Å². The predicted octanol–water partition coefficient (Wildman–Crippen LogP) is 1.55. The summed E-state index contributed by atoms with van der Waals surface area (Å²) in [6.45, 7) is 10.7. The maximum absolute atomic E-state index is 5.11. The summed E-state index contributed by atoms with van der Waals surface area (Å²) < 4.78 is 7.08. The number of ether oxygens (including phenoxy) is 1. The maximum atomic E-state index is 5.11. The van der Waals surface area contributed by atoms with Crippen LogP contribution in [0.4, 0.5) is 0 Å². The Morgan fingerprint density at radius 2 is 1.93 bits per heavy atom. The third-order valence-corrected chi connectivity index (χ3v) is 4.98. The van der Waals surface area contributed by atoms with Gasteiger partial charge in [-0.05, 0) is 51.7 Å². The van der Waals surface area contributed by atoms with Crippen LogP contribution in [0.2, 0.25) is 0 Å². The second-order valence-corrected chi connectivity index (χ2v) is 7.11. The van der Waals surface area contributed by atoms with Gasteiger partial charge in [0.2, 0.25) is 0 Å². The fraction of sp³-hybridized carbons (Fsp3) is 0.833. The molecule has 2 rings (SSSR count). The van der Waals surface area contributed by atoms with Gasteiger partial charge in [-0.1, -0.05) is 6.92 Å². The highest BCUT2D eigenvalue weighted by atomic mass is 127. The highest BCUT2D eigenvalue weighted by Gasteiger charge is 2.14. The molecule has 1 aliphatic rings. The van der Waals surface area contributed by atoms with Crippen LogP contribution in [-0.4, -0.2) is 72.1 Å². The number of piperidine rings is 1. The largest absolute Gasteiger partial charge is 0.383 e. The number of nitrogens with one attached hydrogen (secondary N) is 2. The van der Waals surface area contributed by atoms with E-state index in [2.05, 4.69) is 37.6 Å². The van der Waals surface area contributed by atoms with Crippen molar-refractivity contribution in [2.45, 2.75) is 39.7 Å². The van der Waals surface area contributed by atoms with Crippen LogP contribution in [0, 0.1) is 12.8 Å². The lowest BCUT2D eigenvalue weighted by Gasteiger charge is -2.30. The molecular weight excluding hydrogens is 457 g/mol. The summed E-state index contributed by atoms with van der Waals surface area (Å²) in [6, 6.07) is 0. The van der Waals surface area contributed by atoms with E-state index in [-0.39, 0.29) is 24.0 Å². The van der Waals surface area contributed by atoms with Gasteiger partial charge in [-0.2, -0.15) is 0 Å². The summed E-state index contributed by atoms with van der Waals surface area (Å²) in [6.07, 6.45) is 3.77. The number of nitrogens with zero attached hydrogens (tertiary/aromatic N) is 5. The van der Waals surface area contributed by atoms with Gasteiger partial charge in [0.05, 0.1) is 6.61 Å². The molecule has 9 heteroatoms. The van der Waals surface area contributed by atoms with E-state index < -0.39 is 0 Å². The Morgan fingerprint density at radius 1 is 1.22 bits per heavy atom. The minimum atomic E-state index is 0. The number of aromatic nitrogens is 3. The van der Waals surface area contributed by atoms with E-state index in [1.54, 1.807) is 7.11 Å². The molecule has 2 N–H and O–H groups in total. The smallest absolute Gasteiger partial charge is 0.191 e. The van der Waals surface area contributed by atoms with Crippen LogP contribution in [0.15, 0.2) is 4.99 Å². The topological polar surface area (TPSA) is 79.6 Å². The zero-order valence-electron chi connectivity index (χ0n) is 17.2. The van der Waals surface area contributed by atoms with Crippen molar-refractivity contribution in [3.8, 4) is 0 Å². The van der Waals surface area contributed by atoms with Crippen molar-refractivity contribution in [3.05, 3.63) is 11.6 Å². The minimum Gasteiger partial charge on any atom is -0.383 e. The first kappa shape index (κ1) is 24.1. The Hall–Kier alpha value is -0.940. The lowest BCUT2D eigenvalue weighted by Crippen LogP contribution is -2.41. The number of aryl methyl sites for hydroxylation is 1. The van der Waals surface area contributed by atoms with E-state index in [1.807, 2.05) is 18.5 Å². The number of halogens is 1. The minimum absolute atomic E-state index is 0. The number of hydrogen-bond acceptors (Lipinski definition) is 5. The van der Waals surface area contributed by atoms with E-state index in [0.29, 0.717) is 13.2 Å². The van der Waals surface area contributed by atoms with E-state index >= 15 is 0 Å². The molecule has 0 amide bonds. The zero-order chi connectivity index (χ0) is 18.8. The standard InChI is InChI=1S/C18H35N7O.HI/c1-15-6-11-25(12-7-15)10-5-8-19-18(20-9-13-26-4)21-14-17-23-22-16(2)24(17)3;/h15H,5-14H2,1-4H3,(H2,19,20,21);1H. The summed E-state index contributed by atoms with van der Waals surface area (Å²) in [4.78, 5) is 7.20. The molecule has 27 heavy (non-hydrogen) atoms. The SMILES string of the molecule is COCCNC(=NCc1nnc(C)n1C)NCCCN1CCC(C)CC1.I. The van der Waals surface area contributed by atoms with Crippen LogP contribution in [0.5, 0.6) is 0 Å². The molecule has 8 nitrogen and oxygen atoms in total. The molecular formula is C18H36IN7O. The highest BCUT2D eigenvalue weighted by molar-refractivity contribution is 14.0. The number of likely N-dealkylation sites (tertiary alicyclic amines) is 1. The van der Waals surface area contributed by atoms with Crippen molar-refractivity contribution in [2.75, 3.05) is 46.4 Å². The number of rotatable bonds is 9. The molecule has 0 aromatic carbocycles. The van der Waals surface area contributed by atoms with Crippen LogP contribution in [0.1, 0.15) is 37.8 Å². The quantitative estimate of drug-likeness (QED) is 0.235. The van der Waals surface area contributed by atoms with Crippen LogP contribution < -0.4 is 10.6 Å². The second-order valence-electron chi connectivity index (χ2n) is 7.11. The first-order valence-electron chi connectivity index (χ1n) is 9.68. The molecule has 0 spiro atoms. The summed E-state index contributed by atoms with van der Waals surface area (Å²) in [7, 11) is 3.67. The molecule has 0 bridgehead atoms. The van der Waals surface area contributed by atoms with Crippen LogP contribution in [-0.2, 0) is 18.3 Å². The monoisotopic (exact) mass is 493 g/mol. The zero-order valence-corrected chi connectivity index (χ0v) is 19.5. The Kier molecular flexibility index (Phi) is 11.8. The first-order valence-corrected chi connectivity index (χ1v) is 9.68. The van der Waals surface area contributed by atoms with Crippen molar-refractivity contribution in [1.82, 2.24) is 30.3 Å². The Labute approximate surface area is 180 Å². The number of hydrogen-bond donors (Lipinski definition) is 2. The molecule has 0 atom stereocenters. The van der Waals surface area contributed by atoms with Crippen molar-refractivity contribution in [2.24, 2.45) is 18.0 Å².